The van der Waals surface area contributed by atoms with Crippen LogP contribution in [-0.2, 0) is 11.2 Å². The van der Waals surface area contributed by atoms with Crippen molar-refractivity contribution in [1.29, 1.82) is 0 Å². The van der Waals surface area contributed by atoms with Crippen LogP contribution in [0, 0.1) is 13.8 Å². The van der Waals surface area contributed by atoms with Gasteiger partial charge in [0.1, 0.15) is 0 Å². The molecule has 0 aliphatic rings. The average Bonchev–Trinajstić information content (AvgIpc) is 3.13. The molecule has 0 aliphatic carbocycles. The maximum Gasteiger partial charge on any atom is 0.253 e. The van der Waals surface area contributed by atoms with Crippen LogP contribution in [0.15, 0.2) is 42.5 Å². The lowest BCUT2D eigenvalue weighted by molar-refractivity contribution is -0.116. The molecule has 0 saturated carbocycles. The molecule has 2 aromatic heterocycles. The Kier molecular flexibility index (Phi) is 6.14. The highest BCUT2D eigenvalue weighted by atomic mass is 35.5. The van der Waals surface area contributed by atoms with Gasteiger partial charge in [-0.1, -0.05) is 34.8 Å². The minimum Gasteiger partial charge on any atom is -0.326 e. The molecule has 9 heteroatoms. The third kappa shape index (κ3) is 4.66. The van der Waals surface area contributed by atoms with Crippen LogP contribution >= 0.6 is 34.8 Å². The van der Waals surface area contributed by atoms with Crippen LogP contribution in [0.3, 0.4) is 0 Å². The first-order valence-corrected chi connectivity index (χ1v) is 10.7. The molecule has 1 N–H and O–H groups in total. The number of halogens is 3. The molecule has 31 heavy (non-hydrogen) atoms. The topological polar surface area (TPSA) is 72.2 Å². The van der Waals surface area contributed by atoms with E-state index < -0.39 is 0 Å². The molecule has 0 radical (unpaired) electrons. The van der Waals surface area contributed by atoms with Crippen LogP contribution in [0.1, 0.15) is 23.4 Å². The molecule has 0 aliphatic heterocycles. The fourth-order valence-electron chi connectivity index (χ4n) is 3.35. The second-order valence-electron chi connectivity index (χ2n) is 7.09. The molecule has 0 spiro atoms. The smallest absolute Gasteiger partial charge is 0.253 e. The van der Waals surface area contributed by atoms with Crippen molar-refractivity contribution in [2.75, 3.05) is 5.32 Å². The number of nitrogens with one attached hydrogen (secondary N) is 1. The summed E-state index contributed by atoms with van der Waals surface area (Å²) < 4.78 is 1.68. The Morgan fingerprint density at radius 2 is 1.71 bits per heavy atom. The van der Waals surface area contributed by atoms with Gasteiger partial charge in [0, 0.05) is 39.1 Å². The number of amides is 1. The van der Waals surface area contributed by atoms with Gasteiger partial charge in [-0.25, -0.2) is 9.50 Å². The Hall–Kier alpha value is -2.67. The van der Waals surface area contributed by atoms with Crippen LogP contribution < -0.4 is 5.32 Å². The first kappa shape index (κ1) is 21.6. The number of aryl methyl sites for hydroxylation is 2. The Morgan fingerprint density at radius 1 is 1.00 bits per heavy atom. The van der Waals surface area contributed by atoms with Gasteiger partial charge in [-0.15, -0.1) is 5.10 Å². The molecular weight excluding hydrogens is 457 g/mol. The second kappa shape index (κ2) is 8.83. The van der Waals surface area contributed by atoms with E-state index in [1.807, 2.05) is 13.8 Å². The largest absolute Gasteiger partial charge is 0.326 e. The quantitative estimate of drug-likeness (QED) is 0.388. The first-order valence-electron chi connectivity index (χ1n) is 9.55. The molecule has 1 amide bonds. The maximum atomic E-state index is 12.4. The van der Waals surface area contributed by atoms with E-state index in [1.165, 1.54) is 0 Å². The van der Waals surface area contributed by atoms with Crippen LogP contribution in [0.5, 0.6) is 0 Å². The van der Waals surface area contributed by atoms with Gasteiger partial charge in [0.15, 0.2) is 5.82 Å². The lowest BCUT2D eigenvalue weighted by Gasteiger charge is -2.10. The minimum atomic E-state index is -0.0894. The van der Waals surface area contributed by atoms with Gasteiger partial charge in [-0.05, 0) is 68.3 Å². The molecule has 4 rings (SSSR count). The second-order valence-corrected chi connectivity index (χ2v) is 8.37. The molecule has 158 valence electrons. The summed E-state index contributed by atoms with van der Waals surface area (Å²) in [5.41, 5.74) is 4.03. The van der Waals surface area contributed by atoms with Gasteiger partial charge in [-0.3, -0.25) is 4.79 Å². The van der Waals surface area contributed by atoms with Crippen LogP contribution in [0.4, 0.5) is 5.69 Å². The summed E-state index contributed by atoms with van der Waals surface area (Å²) in [4.78, 5) is 21.5. The zero-order valence-corrected chi connectivity index (χ0v) is 19.1. The zero-order valence-electron chi connectivity index (χ0n) is 16.8. The minimum absolute atomic E-state index is 0.0894. The number of anilines is 1. The van der Waals surface area contributed by atoms with Crippen LogP contribution in [0.25, 0.3) is 17.2 Å². The molecule has 2 aromatic carbocycles. The van der Waals surface area contributed by atoms with Crippen molar-refractivity contribution < 1.29 is 4.79 Å². The molecule has 4 aromatic rings. The van der Waals surface area contributed by atoms with Gasteiger partial charge in [-0.2, -0.15) is 4.98 Å². The Bertz CT molecular complexity index is 1280. The molecular formula is C22H18Cl3N5O. The fraction of sp³-hybridized carbons (Fsp3) is 0.182. The van der Waals surface area contributed by atoms with Gasteiger partial charge >= 0.3 is 0 Å². The number of carbonyl (C=O) groups is 1. The van der Waals surface area contributed by atoms with E-state index >= 15 is 0 Å². The van der Waals surface area contributed by atoms with Crippen molar-refractivity contribution in [3.63, 3.8) is 0 Å². The van der Waals surface area contributed by atoms with E-state index in [9.17, 15) is 4.79 Å². The zero-order chi connectivity index (χ0) is 22.1. The van der Waals surface area contributed by atoms with Crippen LogP contribution in [0.2, 0.25) is 15.1 Å². The monoisotopic (exact) mass is 473 g/mol. The van der Waals surface area contributed by atoms with Gasteiger partial charge in [0.2, 0.25) is 5.91 Å². The number of aromatic nitrogens is 4. The van der Waals surface area contributed by atoms with Crippen molar-refractivity contribution in [3.05, 3.63) is 74.5 Å². The van der Waals surface area contributed by atoms with Crippen molar-refractivity contribution in [2.24, 2.45) is 0 Å². The van der Waals surface area contributed by atoms with Crippen molar-refractivity contribution in [1.82, 2.24) is 19.6 Å². The summed E-state index contributed by atoms with van der Waals surface area (Å²) >= 11 is 18.2. The van der Waals surface area contributed by atoms with Crippen molar-refractivity contribution in [3.8, 4) is 11.4 Å². The normalized spacial score (nSPS) is 11.1. The molecule has 0 unspecified atom stereocenters. The summed E-state index contributed by atoms with van der Waals surface area (Å²) in [5.74, 6) is 0.855. The third-order valence-electron chi connectivity index (χ3n) is 4.95. The number of benzene rings is 2. The number of hydrogen-bond acceptors (Lipinski definition) is 4. The van der Waals surface area contributed by atoms with Crippen LogP contribution in [-0.4, -0.2) is 25.5 Å². The summed E-state index contributed by atoms with van der Waals surface area (Å²) in [6.45, 7) is 3.85. The number of rotatable bonds is 5. The Balaban J connectivity index is 1.57. The summed E-state index contributed by atoms with van der Waals surface area (Å²) in [6, 6.07) is 12.2. The summed E-state index contributed by atoms with van der Waals surface area (Å²) in [6.07, 6.45) is 0.832. The number of fused-ring (bicyclic) bond motifs is 1. The van der Waals surface area contributed by atoms with E-state index in [0.717, 1.165) is 17.0 Å². The van der Waals surface area contributed by atoms with E-state index in [4.69, 9.17) is 34.8 Å². The van der Waals surface area contributed by atoms with E-state index in [2.05, 4.69) is 20.4 Å². The highest BCUT2D eigenvalue weighted by molar-refractivity contribution is 6.36. The SMILES string of the molecule is Cc1nc2nc(-c3ccc(Cl)cc3Cl)nn2c(C)c1CCC(=O)Nc1ccc(Cl)cc1. The molecule has 6 nitrogen and oxygen atoms in total. The Morgan fingerprint density at radius 3 is 2.42 bits per heavy atom. The first-order chi connectivity index (χ1) is 14.8. The predicted molar refractivity (Wildman–Crippen MR) is 124 cm³/mol. The van der Waals surface area contributed by atoms with Gasteiger partial charge < -0.3 is 5.32 Å². The lowest BCUT2D eigenvalue weighted by Crippen LogP contribution is -2.14. The lowest BCUT2D eigenvalue weighted by atomic mass is 10.1. The highest BCUT2D eigenvalue weighted by Crippen LogP contribution is 2.29. The molecule has 0 bridgehead atoms. The standard InChI is InChI=1S/C22H18Cl3N5O/c1-12-17(9-10-20(31)27-16-6-3-14(23)4-7-16)13(2)30-22(26-12)28-21(29-30)18-8-5-15(24)11-19(18)25/h3-8,11H,9-10H2,1-2H3,(H,27,31). The molecule has 0 saturated heterocycles. The number of hydrogen-bond donors (Lipinski definition) is 1. The van der Waals surface area contributed by atoms with Crippen molar-refractivity contribution >= 4 is 52.2 Å². The van der Waals surface area contributed by atoms with Crippen molar-refractivity contribution in [2.45, 2.75) is 26.7 Å². The van der Waals surface area contributed by atoms with E-state index in [-0.39, 0.29) is 5.91 Å². The summed E-state index contributed by atoms with van der Waals surface area (Å²) in [5, 5.41) is 9.09. The van der Waals surface area contributed by atoms with E-state index in [0.29, 0.717) is 50.8 Å². The number of carbonyl (C=O) groups excluding carboxylic acids is 1. The molecule has 0 fully saturated rings. The molecule has 2 heterocycles. The summed E-state index contributed by atoms with van der Waals surface area (Å²) in [7, 11) is 0. The van der Waals surface area contributed by atoms with Gasteiger partial charge in [0.25, 0.3) is 5.78 Å². The predicted octanol–water partition coefficient (Wildman–Crippen LogP) is 5.94. The average molecular weight is 475 g/mol. The number of nitrogens with zero attached hydrogens (tertiary/aromatic N) is 4. The third-order valence-corrected chi connectivity index (χ3v) is 5.75. The van der Waals surface area contributed by atoms with E-state index in [1.54, 1.807) is 47.0 Å². The van der Waals surface area contributed by atoms with Gasteiger partial charge in [0.05, 0.1) is 5.02 Å². The Labute approximate surface area is 194 Å². The highest BCUT2D eigenvalue weighted by Gasteiger charge is 2.17. The fourth-order valence-corrected chi connectivity index (χ4v) is 3.97. The molecule has 0 atom stereocenters. The maximum absolute atomic E-state index is 12.4.